The lowest BCUT2D eigenvalue weighted by Crippen LogP contribution is -1.89. The van der Waals surface area contributed by atoms with Gasteiger partial charge < -0.3 is 4.84 Å². The van der Waals surface area contributed by atoms with E-state index in [1.54, 1.807) is 0 Å². The van der Waals surface area contributed by atoms with E-state index in [-0.39, 0.29) is 0 Å². The lowest BCUT2D eigenvalue weighted by atomic mass is 10.0. The van der Waals surface area contributed by atoms with Crippen LogP contribution in [0.25, 0.3) is 11.1 Å². The Balaban J connectivity index is 1.63. The molecule has 0 amide bonds. The molecule has 0 spiro atoms. The highest BCUT2D eigenvalue weighted by Crippen LogP contribution is 2.20. The molecule has 0 N–H and O–H groups in total. The normalized spacial score (nSPS) is 10.7. The number of nitrogens with zero attached hydrogens (tertiary/aromatic N) is 1. The smallest absolute Gasteiger partial charge is 0.142 e. The maximum atomic E-state index is 5.33. The summed E-state index contributed by atoms with van der Waals surface area (Å²) < 4.78 is 0. The van der Waals surface area contributed by atoms with Crippen molar-refractivity contribution < 1.29 is 4.84 Å². The molecular formula is C20H16NO. The fourth-order valence-corrected chi connectivity index (χ4v) is 2.18. The van der Waals surface area contributed by atoms with Gasteiger partial charge in [-0.15, -0.1) is 0 Å². The van der Waals surface area contributed by atoms with E-state index in [0.717, 1.165) is 11.1 Å². The Labute approximate surface area is 130 Å². The number of rotatable bonds is 5. The molecule has 0 saturated carbocycles. The van der Waals surface area contributed by atoms with Crippen molar-refractivity contribution in [2.75, 3.05) is 0 Å². The van der Waals surface area contributed by atoms with E-state index in [9.17, 15) is 0 Å². The molecule has 2 nitrogen and oxygen atoms in total. The highest BCUT2D eigenvalue weighted by molar-refractivity contribution is 5.78. The van der Waals surface area contributed by atoms with Crippen molar-refractivity contribution in [2.24, 2.45) is 5.16 Å². The van der Waals surface area contributed by atoms with Gasteiger partial charge in [0.1, 0.15) is 12.8 Å². The molecule has 0 bridgehead atoms. The molecule has 3 rings (SSSR count). The molecule has 3 aromatic carbocycles. The largest absolute Gasteiger partial charge is 0.390 e. The third-order valence-corrected chi connectivity index (χ3v) is 3.28. The van der Waals surface area contributed by atoms with Gasteiger partial charge in [-0.25, -0.2) is 0 Å². The molecule has 0 fully saturated rings. The summed E-state index contributed by atoms with van der Waals surface area (Å²) in [6.07, 6.45) is 2.86. The highest BCUT2D eigenvalue weighted by Gasteiger charge is 1.99. The minimum atomic E-state index is 0.431. The van der Waals surface area contributed by atoms with Crippen LogP contribution in [0.5, 0.6) is 0 Å². The van der Waals surface area contributed by atoms with Crippen LogP contribution < -0.4 is 0 Å². The summed E-state index contributed by atoms with van der Waals surface area (Å²) in [5, 5.41) is 3.89. The average Bonchev–Trinajstić information content (AvgIpc) is 2.61. The molecule has 3 aromatic rings. The molecule has 2 heteroatoms. The molecule has 107 valence electrons. The highest BCUT2D eigenvalue weighted by atomic mass is 16.6. The molecule has 0 saturated heterocycles. The van der Waals surface area contributed by atoms with Crippen molar-refractivity contribution in [3.05, 3.63) is 96.1 Å². The van der Waals surface area contributed by atoms with Crippen LogP contribution in [-0.4, -0.2) is 6.21 Å². The van der Waals surface area contributed by atoms with Crippen LogP contribution >= 0.6 is 0 Å². The Morgan fingerprint density at radius 2 is 1.41 bits per heavy atom. The van der Waals surface area contributed by atoms with Gasteiger partial charge in [-0.1, -0.05) is 84.0 Å². The van der Waals surface area contributed by atoms with E-state index >= 15 is 0 Å². The minimum absolute atomic E-state index is 0.431. The Bertz CT molecular complexity index is 736. The summed E-state index contributed by atoms with van der Waals surface area (Å²) in [4.78, 5) is 5.33. The van der Waals surface area contributed by atoms with E-state index in [0.29, 0.717) is 6.61 Å². The number of benzene rings is 3. The molecule has 0 heterocycles. The molecule has 0 unspecified atom stereocenters. The monoisotopic (exact) mass is 286 g/mol. The van der Waals surface area contributed by atoms with Crippen LogP contribution in [0, 0.1) is 0 Å². The second-order valence-corrected chi connectivity index (χ2v) is 4.91. The second-order valence-electron chi connectivity index (χ2n) is 4.91. The molecule has 0 aromatic heterocycles. The zero-order chi connectivity index (χ0) is 15.0. The molecule has 0 aliphatic heterocycles. The van der Waals surface area contributed by atoms with Gasteiger partial charge in [0.05, 0.1) is 0 Å². The first-order valence-electron chi connectivity index (χ1n) is 7.19. The minimum Gasteiger partial charge on any atom is -0.390 e. The first-order chi connectivity index (χ1) is 10.9. The first kappa shape index (κ1) is 14.1. The van der Waals surface area contributed by atoms with Gasteiger partial charge in [0.2, 0.25) is 0 Å². The fraction of sp³-hybridized carbons (Fsp3) is 0.0500. The summed E-state index contributed by atoms with van der Waals surface area (Å²) in [6, 6.07) is 28.3. The fourth-order valence-electron chi connectivity index (χ4n) is 2.18. The van der Waals surface area contributed by atoms with Gasteiger partial charge in [0, 0.05) is 5.56 Å². The zero-order valence-corrected chi connectivity index (χ0v) is 12.1. The third-order valence-electron chi connectivity index (χ3n) is 3.28. The van der Waals surface area contributed by atoms with Crippen LogP contribution in [0.1, 0.15) is 11.1 Å². The van der Waals surface area contributed by atoms with Crippen molar-refractivity contribution >= 4 is 6.21 Å². The molecular weight excluding hydrogens is 270 g/mol. The third kappa shape index (κ3) is 3.83. The van der Waals surface area contributed by atoms with E-state index in [2.05, 4.69) is 35.6 Å². The molecule has 0 aliphatic rings. The van der Waals surface area contributed by atoms with Crippen molar-refractivity contribution in [3.8, 4) is 11.1 Å². The predicted molar refractivity (Wildman–Crippen MR) is 89.6 cm³/mol. The predicted octanol–water partition coefficient (Wildman–Crippen LogP) is 4.78. The number of hydrogen-bond donors (Lipinski definition) is 0. The maximum absolute atomic E-state index is 5.33. The summed E-state index contributed by atoms with van der Waals surface area (Å²) >= 11 is 0. The van der Waals surface area contributed by atoms with Crippen LogP contribution in [0.15, 0.2) is 90.1 Å². The lowest BCUT2D eigenvalue weighted by Gasteiger charge is -2.04. The molecule has 1 radical (unpaired) electrons. The van der Waals surface area contributed by atoms with Gasteiger partial charge in [0.15, 0.2) is 0 Å². The SMILES string of the molecule is [C](=N/OCc1cccc(-c2ccccc2)c1)/c1ccccc1. The van der Waals surface area contributed by atoms with E-state index in [1.165, 1.54) is 11.1 Å². The van der Waals surface area contributed by atoms with Crippen molar-refractivity contribution in [2.45, 2.75) is 6.61 Å². The summed E-state index contributed by atoms with van der Waals surface area (Å²) in [6.45, 7) is 0.431. The molecule has 0 aliphatic carbocycles. The summed E-state index contributed by atoms with van der Waals surface area (Å²) in [5.74, 6) is 0. The van der Waals surface area contributed by atoms with Crippen LogP contribution in [0.4, 0.5) is 0 Å². The van der Waals surface area contributed by atoms with Crippen molar-refractivity contribution in [1.29, 1.82) is 0 Å². The summed E-state index contributed by atoms with van der Waals surface area (Å²) in [5.41, 5.74) is 4.36. The van der Waals surface area contributed by atoms with Crippen molar-refractivity contribution in [1.82, 2.24) is 0 Å². The Morgan fingerprint density at radius 1 is 0.727 bits per heavy atom. The van der Waals surface area contributed by atoms with Gasteiger partial charge >= 0.3 is 0 Å². The first-order valence-corrected chi connectivity index (χ1v) is 7.19. The van der Waals surface area contributed by atoms with E-state index < -0.39 is 0 Å². The van der Waals surface area contributed by atoms with E-state index in [1.807, 2.05) is 60.7 Å². The molecule has 0 atom stereocenters. The molecule has 22 heavy (non-hydrogen) atoms. The van der Waals surface area contributed by atoms with Crippen LogP contribution in [0.2, 0.25) is 0 Å². The Morgan fingerprint density at radius 3 is 2.18 bits per heavy atom. The summed E-state index contributed by atoms with van der Waals surface area (Å²) in [7, 11) is 0. The Hall–Kier alpha value is -2.87. The van der Waals surface area contributed by atoms with E-state index in [4.69, 9.17) is 4.84 Å². The van der Waals surface area contributed by atoms with Gasteiger partial charge in [0.25, 0.3) is 0 Å². The van der Waals surface area contributed by atoms with Gasteiger partial charge in [-0.05, 0) is 22.8 Å². The van der Waals surface area contributed by atoms with Gasteiger partial charge in [-0.3, -0.25) is 0 Å². The second kappa shape index (κ2) is 7.23. The van der Waals surface area contributed by atoms with Crippen LogP contribution in [-0.2, 0) is 11.4 Å². The average molecular weight is 286 g/mol. The standard InChI is InChI=1S/C20H16NO/c1-3-8-17(9-4-1)15-21-22-16-18-10-7-13-20(14-18)19-11-5-2-6-12-19/h1-14H,16H2. The maximum Gasteiger partial charge on any atom is 0.142 e. The topological polar surface area (TPSA) is 21.6 Å². The Kier molecular flexibility index (Phi) is 4.63. The van der Waals surface area contributed by atoms with Crippen LogP contribution in [0.3, 0.4) is 0 Å². The van der Waals surface area contributed by atoms with Crippen molar-refractivity contribution in [3.63, 3.8) is 0 Å². The van der Waals surface area contributed by atoms with Gasteiger partial charge in [-0.2, -0.15) is 0 Å². The number of hydrogen-bond acceptors (Lipinski definition) is 2. The zero-order valence-electron chi connectivity index (χ0n) is 12.1. The lowest BCUT2D eigenvalue weighted by molar-refractivity contribution is 0.132. The quantitative estimate of drug-likeness (QED) is 0.488.